The van der Waals surface area contributed by atoms with Crippen molar-refractivity contribution in [1.82, 2.24) is 0 Å². The lowest BCUT2D eigenvalue weighted by molar-refractivity contribution is -0.147. The minimum atomic E-state index is -0.330. The highest BCUT2D eigenvalue weighted by Gasteiger charge is 2.42. The van der Waals surface area contributed by atoms with Crippen LogP contribution in [0.15, 0.2) is 36.4 Å². The SMILES string of the molecule is N#Cc1ccc(N2C3CCC2CC(OC(=O)CCl)C3)c2ccccc12. The number of nitriles is 1. The number of carbonyl (C=O) groups excluding carboxylic acids is 1. The number of piperidine rings is 1. The number of halogens is 1. The normalized spacial score (nSPS) is 25.0. The second-order valence-electron chi connectivity index (χ2n) is 6.80. The minimum Gasteiger partial charge on any atom is -0.461 e. The number of rotatable bonds is 3. The van der Waals surface area contributed by atoms with Crippen molar-refractivity contribution in [3.05, 3.63) is 42.0 Å². The summed E-state index contributed by atoms with van der Waals surface area (Å²) in [5, 5.41) is 11.5. The number of hydrogen-bond acceptors (Lipinski definition) is 4. The van der Waals surface area contributed by atoms with Gasteiger partial charge in [-0.25, -0.2) is 0 Å². The van der Waals surface area contributed by atoms with Crippen LogP contribution in [0.5, 0.6) is 0 Å². The topological polar surface area (TPSA) is 53.3 Å². The molecular formula is C20H19ClN2O2. The lowest BCUT2D eigenvalue weighted by atomic mass is 9.96. The molecule has 0 amide bonds. The summed E-state index contributed by atoms with van der Waals surface area (Å²) in [6.07, 6.45) is 3.85. The molecule has 5 heteroatoms. The Kier molecular flexibility index (Phi) is 4.27. The predicted octanol–water partition coefficient (Wildman–Crippen LogP) is 3.99. The summed E-state index contributed by atoms with van der Waals surface area (Å²) in [5.74, 6) is -0.418. The lowest BCUT2D eigenvalue weighted by Gasteiger charge is -2.40. The van der Waals surface area contributed by atoms with Crippen molar-refractivity contribution in [3.63, 3.8) is 0 Å². The molecule has 2 aromatic carbocycles. The molecule has 0 saturated carbocycles. The van der Waals surface area contributed by atoms with Gasteiger partial charge in [-0.15, -0.1) is 11.6 Å². The zero-order valence-electron chi connectivity index (χ0n) is 13.8. The lowest BCUT2D eigenvalue weighted by Crippen LogP contribution is -2.46. The first kappa shape index (κ1) is 16.2. The molecule has 0 aliphatic carbocycles. The molecule has 2 aromatic rings. The van der Waals surface area contributed by atoms with Gasteiger partial charge in [0.2, 0.25) is 0 Å². The molecule has 25 heavy (non-hydrogen) atoms. The van der Waals surface area contributed by atoms with E-state index in [4.69, 9.17) is 16.3 Å². The van der Waals surface area contributed by atoms with Gasteiger partial charge in [0.05, 0.1) is 11.6 Å². The summed E-state index contributed by atoms with van der Waals surface area (Å²) in [6.45, 7) is 0. The third-order valence-corrected chi connectivity index (χ3v) is 5.61. The van der Waals surface area contributed by atoms with Gasteiger partial charge in [-0.3, -0.25) is 4.79 Å². The molecule has 2 saturated heterocycles. The van der Waals surface area contributed by atoms with Crippen LogP contribution in [0.3, 0.4) is 0 Å². The van der Waals surface area contributed by atoms with Crippen LogP contribution < -0.4 is 4.90 Å². The van der Waals surface area contributed by atoms with Crippen molar-refractivity contribution in [2.24, 2.45) is 0 Å². The van der Waals surface area contributed by atoms with Gasteiger partial charge >= 0.3 is 5.97 Å². The van der Waals surface area contributed by atoms with Crippen molar-refractivity contribution < 1.29 is 9.53 Å². The fourth-order valence-electron chi connectivity index (χ4n) is 4.44. The zero-order valence-corrected chi connectivity index (χ0v) is 14.6. The molecule has 0 aromatic heterocycles. The summed E-state index contributed by atoms with van der Waals surface area (Å²) in [4.78, 5) is 14.0. The fraction of sp³-hybridized carbons (Fsp3) is 0.400. The Morgan fingerprint density at radius 1 is 1.16 bits per heavy atom. The first-order chi connectivity index (χ1) is 12.2. The monoisotopic (exact) mass is 354 g/mol. The van der Waals surface area contributed by atoms with Crippen molar-refractivity contribution >= 4 is 34.0 Å². The number of alkyl halides is 1. The molecule has 2 aliphatic heterocycles. The number of anilines is 1. The quantitative estimate of drug-likeness (QED) is 0.617. The van der Waals surface area contributed by atoms with Gasteiger partial charge in [-0.2, -0.15) is 5.26 Å². The van der Waals surface area contributed by atoms with Gasteiger partial charge in [0.15, 0.2) is 0 Å². The molecule has 0 spiro atoms. The highest BCUT2D eigenvalue weighted by Crippen LogP contribution is 2.43. The molecule has 2 heterocycles. The van der Waals surface area contributed by atoms with E-state index in [0.29, 0.717) is 17.6 Å². The average Bonchev–Trinajstić information content (AvgIpc) is 2.90. The van der Waals surface area contributed by atoms with E-state index in [1.807, 2.05) is 24.3 Å². The van der Waals surface area contributed by atoms with Gasteiger partial charge in [0.1, 0.15) is 12.0 Å². The summed E-state index contributed by atoms with van der Waals surface area (Å²) in [7, 11) is 0. The Hall–Kier alpha value is -2.25. The van der Waals surface area contributed by atoms with Gasteiger partial charge < -0.3 is 9.64 Å². The van der Waals surface area contributed by atoms with Crippen LogP contribution in [0, 0.1) is 11.3 Å². The van der Waals surface area contributed by atoms with E-state index in [9.17, 15) is 10.1 Å². The van der Waals surface area contributed by atoms with E-state index in [0.717, 1.165) is 36.5 Å². The molecule has 4 rings (SSSR count). The van der Waals surface area contributed by atoms with Crippen LogP contribution >= 0.6 is 11.6 Å². The maximum Gasteiger partial charge on any atom is 0.321 e. The molecule has 128 valence electrons. The molecule has 2 bridgehead atoms. The first-order valence-electron chi connectivity index (χ1n) is 8.67. The van der Waals surface area contributed by atoms with Crippen molar-refractivity contribution in [2.75, 3.05) is 10.8 Å². The number of carbonyl (C=O) groups is 1. The van der Waals surface area contributed by atoms with Crippen molar-refractivity contribution in [3.8, 4) is 6.07 Å². The van der Waals surface area contributed by atoms with E-state index in [2.05, 4.69) is 23.1 Å². The maximum absolute atomic E-state index is 11.5. The van der Waals surface area contributed by atoms with Crippen LogP contribution in [0.1, 0.15) is 31.2 Å². The fourth-order valence-corrected chi connectivity index (χ4v) is 4.50. The zero-order chi connectivity index (χ0) is 17.4. The smallest absolute Gasteiger partial charge is 0.321 e. The number of ether oxygens (including phenoxy) is 1. The summed E-state index contributed by atoms with van der Waals surface area (Å²) < 4.78 is 5.49. The van der Waals surface area contributed by atoms with E-state index < -0.39 is 0 Å². The second kappa shape index (κ2) is 6.57. The molecule has 2 fully saturated rings. The van der Waals surface area contributed by atoms with Crippen molar-refractivity contribution in [1.29, 1.82) is 5.26 Å². The Bertz CT molecular complexity index is 846. The Morgan fingerprint density at radius 2 is 1.84 bits per heavy atom. The number of nitrogens with zero attached hydrogens (tertiary/aromatic N) is 2. The predicted molar refractivity (Wildman–Crippen MR) is 97.8 cm³/mol. The van der Waals surface area contributed by atoms with E-state index in [-0.39, 0.29) is 18.0 Å². The van der Waals surface area contributed by atoms with Gasteiger partial charge in [0.25, 0.3) is 0 Å². The van der Waals surface area contributed by atoms with Crippen LogP contribution in [0.2, 0.25) is 0 Å². The second-order valence-corrected chi connectivity index (χ2v) is 7.07. The number of benzene rings is 2. The standard InChI is InChI=1S/C20H19ClN2O2/c21-11-20(24)25-16-9-14-6-7-15(10-16)23(14)19-8-5-13(12-22)17-3-1-2-4-18(17)19/h1-5,8,14-16H,6-7,9-11H2. The molecule has 2 aliphatic rings. The molecule has 4 nitrogen and oxygen atoms in total. The summed E-state index contributed by atoms with van der Waals surface area (Å²) in [6, 6.07) is 15.1. The Balaban J connectivity index is 1.67. The van der Waals surface area contributed by atoms with Crippen LogP contribution in [-0.4, -0.2) is 30.0 Å². The van der Waals surface area contributed by atoms with Gasteiger partial charge in [-0.1, -0.05) is 24.3 Å². The number of hydrogen-bond donors (Lipinski definition) is 0. The highest BCUT2D eigenvalue weighted by atomic mass is 35.5. The van der Waals surface area contributed by atoms with E-state index in [1.54, 1.807) is 0 Å². The first-order valence-corrected chi connectivity index (χ1v) is 9.20. The molecule has 2 atom stereocenters. The number of fused-ring (bicyclic) bond motifs is 3. The minimum absolute atomic E-state index is 0.0374. The Labute approximate surface area is 151 Å². The van der Waals surface area contributed by atoms with Crippen LogP contribution in [0.4, 0.5) is 5.69 Å². The molecule has 0 N–H and O–H groups in total. The van der Waals surface area contributed by atoms with Crippen molar-refractivity contribution in [2.45, 2.75) is 43.9 Å². The van der Waals surface area contributed by atoms with Crippen LogP contribution in [-0.2, 0) is 9.53 Å². The highest BCUT2D eigenvalue weighted by molar-refractivity contribution is 6.26. The van der Waals surface area contributed by atoms with Gasteiger partial charge in [-0.05, 0) is 25.0 Å². The summed E-state index contributed by atoms with van der Waals surface area (Å²) >= 11 is 5.57. The molecule has 0 radical (unpaired) electrons. The van der Waals surface area contributed by atoms with E-state index >= 15 is 0 Å². The largest absolute Gasteiger partial charge is 0.461 e. The van der Waals surface area contributed by atoms with Crippen LogP contribution in [0.25, 0.3) is 10.8 Å². The molecule has 2 unspecified atom stereocenters. The molecular weight excluding hydrogens is 336 g/mol. The van der Waals surface area contributed by atoms with Gasteiger partial charge in [0, 0.05) is 41.4 Å². The third-order valence-electron chi connectivity index (χ3n) is 5.40. The average molecular weight is 355 g/mol. The third kappa shape index (κ3) is 2.83. The summed E-state index contributed by atoms with van der Waals surface area (Å²) in [5.41, 5.74) is 1.89. The van der Waals surface area contributed by atoms with E-state index in [1.165, 1.54) is 5.69 Å². The maximum atomic E-state index is 11.5. The Morgan fingerprint density at radius 3 is 2.48 bits per heavy atom. The number of esters is 1.